The smallest absolute Gasteiger partial charge is 0.216 e. The number of ether oxygens (including phenoxy) is 1. The monoisotopic (exact) mass is 496 g/mol. The minimum Gasteiger partial charge on any atom is -0.504 e. The zero-order valence-electron chi connectivity index (χ0n) is 20.6. The lowest BCUT2D eigenvalue weighted by Gasteiger charge is -2.40. The van der Waals surface area contributed by atoms with Gasteiger partial charge in [-0.25, -0.2) is 4.98 Å². The third-order valence-electron chi connectivity index (χ3n) is 8.02. The molecule has 8 nitrogen and oxygen atoms in total. The van der Waals surface area contributed by atoms with E-state index in [1.165, 1.54) is 57.8 Å². The molecule has 0 amide bonds. The number of phenols is 1. The maximum Gasteiger partial charge on any atom is 0.216 e. The van der Waals surface area contributed by atoms with E-state index in [0.717, 1.165) is 59.4 Å². The summed E-state index contributed by atoms with van der Waals surface area (Å²) in [7, 11) is 1.57. The first-order valence-corrected chi connectivity index (χ1v) is 14.0. The zero-order chi connectivity index (χ0) is 23.8. The van der Waals surface area contributed by atoms with Crippen molar-refractivity contribution in [1.82, 2.24) is 19.5 Å². The van der Waals surface area contributed by atoms with Gasteiger partial charge >= 0.3 is 0 Å². The number of rotatable bonds is 6. The van der Waals surface area contributed by atoms with Gasteiger partial charge in [-0.1, -0.05) is 43.4 Å². The molecular weight excluding hydrogens is 460 g/mol. The fourth-order valence-corrected chi connectivity index (χ4v) is 6.96. The molecule has 35 heavy (non-hydrogen) atoms. The Morgan fingerprint density at radius 2 is 1.74 bits per heavy atom. The molecule has 0 unspecified atom stereocenters. The first-order valence-electron chi connectivity index (χ1n) is 13.2. The Bertz CT molecular complexity index is 1160. The highest BCUT2D eigenvalue weighted by molar-refractivity contribution is 7.20. The number of nitrogens with one attached hydrogen (secondary N) is 1. The maximum absolute atomic E-state index is 10.1. The van der Waals surface area contributed by atoms with Crippen LogP contribution < -0.4 is 15.0 Å². The second kappa shape index (κ2) is 9.85. The van der Waals surface area contributed by atoms with E-state index in [2.05, 4.69) is 15.1 Å². The third kappa shape index (κ3) is 4.56. The summed E-state index contributed by atoms with van der Waals surface area (Å²) in [5.74, 6) is 1.54. The van der Waals surface area contributed by atoms with Crippen molar-refractivity contribution in [3.05, 3.63) is 18.2 Å². The molecule has 6 rings (SSSR count). The van der Waals surface area contributed by atoms with E-state index in [9.17, 15) is 5.11 Å². The molecule has 0 spiro atoms. The molecule has 1 aliphatic heterocycles. The molecule has 3 aliphatic rings. The van der Waals surface area contributed by atoms with Gasteiger partial charge in [-0.05, 0) is 43.9 Å². The molecule has 1 aromatic carbocycles. The van der Waals surface area contributed by atoms with Crippen molar-refractivity contribution in [2.75, 3.05) is 43.5 Å². The van der Waals surface area contributed by atoms with Crippen molar-refractivity contribution in [2.24, 2.45) is 0 Å². The van der Waals surface area contributed by atoms with Crippen LogP contribution in [0.2, 0.25) is 0 Å². The van der Waals surface area contributed by atoms with E-state index in [-0.39, 0.29) is 5.75 Å². The van der Waals surface area contributed by atoms with Gasteiger partial charge in [0.2, 0.25) is 10.1 Å². The topological polar surface area (TPSA) is 78.2 Å². The van der Waals surface area contributed by atoms with Crippen molar-refractivity contribution in [3.8, 4) is 22.8 Å². The number of piperazine rings is 1. The highest BCUT2D eigenvalue weighted by Crippen LogP contribution is 2.38. The predicted molar refractivity (Wildman–Crippen MR) is 141 cm³/mol. The van der Waals surface area contributed by atoms with Crippen molar-refractivity contribution >= 4 is 27.2 Å². The number of aromatic hydroxyl groups is 1. The summed E-state index contributed by atoms with van der Waals surface area (Å²) in [6, 6.07) is 6.65. The van der Waals surface area contributed by atoms with E-state index in [1.807, 2.05) is 16.6 Å². The number of aromatic nitrogens is 3. The summed E-state index contributed by atoms with van der Waals surface area (Å²) < 4.78 is 7.36. The number of benzene rings is 1. The number of phenolic OH excluding ortho intramolecular Hbond substituents is 1. The highest BCUT2D eigenvalue weighted by Gasteiger charge is 2.28. The minimum absolute atomic E-state index is 0.135. The van der Waals surface area contributed by atoms with Gasteiger partial charge in [0.25, 0.3) is 0 Å². The van der Waals surface area contributed by atoms with E-state index < -0.39 is 0 Å². The molecule has 1 saturated heterocycles. The number of fused-ring (bicyclic) bond motifs is 1. The molecule has 2 saturated carbocycles. The molecular formula is C26H36N6O2S. The molecule has 0 radical (unpaired) electrons. The average molecular weight is 497 g/mol. The standard InChI is InChI=1S/C26H36N6O2S/c1-34-22-17-18(11-12-21(22)33)23-24(27-19-7-5-6-8-19)32-25(28-23)35-26(29-32)31-15-13-30(14-16-31)20-9-3-2-4-10-20/h11-12,17,19-20,27,33H,2-10,13-16H2,1H3. The van der Waals surface area contributed by atoms with Gasteiger partial charge in [0, 0.05) is 43.8 Å². The van der Waals surface area contributed by atoms with Crippen LogP contribution in [0.25, 0.3) is 16.2 Å². The first-order chi connectivity index (χ1) is 17.2. The molecule has 2 aromatic heterocycles. The molecule has 9 heteroatoms. The largest absolute Gasteiger partial charge is 0.504 e. The average Bonchev–Trinajstić information content (AvgIpc) is 3.63. The lowest BCUT2D eigenvalue weighted by Crippen LogP contribution is -2.50. The second-order valence-corrected chi connectivity index (χ2v) is 11.1. The van der Waals surface area contributed by atoms with Crippen LogP contribution in [-0.4, -0.2) is 70.0 Å². The number of imidazole rings is 1. The summed E-state index contributed by atoms with van der Waals surface area (Å²) in [4.78, 5) is 11.1. The van der Waals surface area contributed by atoms with E-state index in [0.29, 0.717) is 11.8 Å². The molecule has 0 bridgehead atoms. The van der Waals surface area contributed by atoms with Crippen LogP contribution in [0.15, 0.2) is 18.2 Å². The number of hydrogen-bond donors (Lipinski definition) is 2. The van der Waals surface area contributed by atoms with Gasteiger partial charge in [-0.2, -0.15) is 4.52 Å². The Hall–Kier alpha value is -2.52. The summed E-state index contributed by atoms with van der Waals surface area (Å²) >= 11 is 1.67. The van der Waals surface area contributed by atoms with Crippen LogP contribution in [-0.2, 0) is 0 Å². The van der Waals surface area contributed by atoms with Gasteiger partial charge < -0.3 is 20.1 Å². The van der Waals surface area contributed by atoms with Crippen LogP contribution in [0.3, 0.4) is 0 Å². The predicted octanol–water partition coefficient (Wildman–Crippen LogP) is 4.98. The van der Waals surface area contributed by atoms with Crippen LogP contribution in [0.1, 0.15) is 57.8 Å². The van der Waals surface area contributed by atoms with Crippen LogP contribution >= 0.6 is 11.3 Å². The Morgan fingerprint density at radius 1 is 1.00 bits per heavy atom. The molecule has 3 heterocycles. The normalized spacial score (nSPS) is 20.7. The van der Waals surface area contributed by atoms with Gasteiger partial charge in [0.05, 0.1) is 7.11 Å². The zero-order valence-corrected chi connectivity index (χ0v) is 21.4. The molecule has 2 aliphatic carbocycles. The lowest BCUT2D eigenvalue weighted by atomic mass is 9.94. The van der Waals surface area contributed by atoms with Gasteiger partial charge in [-0.3, -0.25) is 4.90 Å². The summed E-state index contributed by atoms with van der Waals surface area (Å²) in [5, 5.41) is 20.0. The van der Waals surface area contributed by atoms with Crippen LogP contribution in [0.5, 0.6) is 11.5 Å². The van der Waals surface area contributed by atoms with Gasteiger partial charge in [-0.15, -0.1) is 5.10 Å². The Balaban J connectivity index is 1.27. The van der Waals surface area contributed by atoms with E-state index in [1.54, 1.807) is 24.5 Å². The molecule has 3 fully saturated rings. The molecule has 3 aromatic rings. The summed E-state index contributed by atoms with van der Waals surface area (Å²) in [5.41, 5.74) is 1.78. The molecule has 0 atom stereocenters. The lowest BCUT2D eigenvalue weighted by molar-refractivity contribution is 0.148. The number of nitrogens with zero attached hydrogens (tertiary/aromatic N) is 5. The molecule has 2 N–H and O–H groups in total. The number of anilines is 2. The Kier molecular flexibility index (Phi) is 6.45. The summed E-state index contributed by atoms with van der Waals surface area (Å²) in [6.07, 6.45) is 11.8. The van der Waals surface area contributed by atoms with Crippen molar-refractivity contribution in [2.45, 2.75) is 69.9 Å². The minimum atomic E-state index is 0.135. The number of methoxy groups -OCH3 is 1. The third-order valence-corrected chi connectivity index (χ3v) is 8.99. The van der Waals surface area contributed by atoms with Crippen molar-refractivity contribution in [1.29, 1.82) is 0 Å². The fourth-order valence-electron chi connectivity index (χ4n) is 6.01. The SMILES string of the molecule is COc1cc(-c2nc3sc(N4CCN(C5CCCCC5)CC4)nn3c2NC2CCCC2)ccc1O. The highest BCUT2D eigenvalue weighted by atomic mass is 32.1. The summed E-state index contributed by atoms with van der Waals surface area (Å²) in [6.45, 7) is 4.30. The molecule has 188 valence electrons. The van der Waals surface area contributed by atoms with Crippen molar-refractivity contribution in [3.63, 3.8) is 0 Å². The maximum atomic E-state index is 10.1. The van der Waals surface area contributed by atoms with E-state index >= 15 is 0 Å². The second-order valence-electron chi connectivity index (χ2n) is 10.2. The van der Waals surface area contributed by atoms with Crippen LogP contribution in [0, 0.1) is 0 Å². The van der Waals surface area contributed by atoms with Crippen LogP contribution in [0.4, 0.5) is 10.9 Å². The van der Waals surface area contributed by atoms with Crippen molar-refractivity contribution < 1.29 is 9.84 Å². The first kappa shape index (κ1) is 22.9. The number of hydrogen-bond acceptors (Lipinski definition) is 8. The Morgan fingerprint density at radius 3 is 2.49 bits per heavy atom. The van der Waals surface area contributed by atoms with E-state index in [4.69, 9.17) is 14.8 Å². The fraction of sp³-hybridized carbons (Fsp3) is 0.615. The quantitative estimate of drug-likeness (QED) is 0.498. The Labute approximate surface area is 210 Å². The van der Waals surface area contributed by atoms with Gasteiger partial charge in [0.15, 0.2) is 17.3 Å². The van der Waals surface area contributed by atoms with Gasteiger partial charge in [0.1, 0.15) is 5.69 Å².